The summed E-state index contributed by atoms with van der Waals surface area (Å²) in [6.07, 6.45) is 1.63. The number of rotatable bonds is 8. The van der Waals surface area contributed by atoms with Gasteiger partial charge in [0.25, 0.3) is 10.0 Å². The van der Waals surface area contributed by atoms with Crippen LogP contribution in [-0.2, 0) is 14.8 Å². The van der Waals surface area contributed by atoms with Gasteiger partial charge in [0.2, 0.25) is 5.91 Å². The fourth-order valence-corrected chi connectivity index (χ4v) is 3.23. The summed E-state index contributed by atoms with van der Waals surface area (Å²) in [7, 11) is -3.56. The molecule has 0 aliphatic rings. The van der Waals surface area contributed by atoms with Crippen molar-refractivity contribution in [3.8, 4) is 0 Å². The molecule has 0 unspecified atom stereocenters. The lowest BCUT2D eigenvalue weighted by molar-refractivity contribution is -0.119. The Hall–Kier alpha value is -0.960. The second-order valence-electron chi connectivity index (χ2n) is 3.60. The molecule has 18 heavy (non-hydrogen) atoms. The predicted octanol–water partition coefficient (Wildman–Crippen LogP) is -0.118. The van der Waals surface area contributed by atoms with Gasteiger partial charge < -0.3 is 11.1 Å². The van der Waals surface area contributed by atoms with Crippen LogP contribution in [0.25, 0.3) is 0 Å². The quantitative estimate of drug-likeness (QED) is 0.581. The van der Waals surface area contributed by atoms with Gasteiger partial charge in [-0.1, -0.05) is 6.07 Å². The molecule has 102 valence electrons. The molecular formula is C10H17N3O3S2. The van der Waals surface area contributed by atoms with Crippen molar-refractivity contribution >= 4 is 27.3 Å². The number of nitrogens with two attached hydrogens (primary N) is 1. The number of carbonyl (C=O) groups excluding carboxylic acids is 1. The van der Waals surface area contributed by atoms with E-state index in [-0.39, 0.29) is 16.7 Å². The van der Waals surface area contributed by atoms with Crippen LogP contribution >= 0.6 is 11.3 Å². The van der Waals surface area contributed by atoms with Crippen molar-refractivity contribution < 1.29 is 13.2 Å². The summed E-state index contributed by atoms with van der Waals surface area (Å²) in [4.78, 5) is 11.4. The van der Waals surface area contributed by atoms with E-state index in [4.69, 9.17) is 5.73 Å². The standard InChI is InChI=1S/C10H17N3O3S2/c11-5-1-2-6-12-9(14)8-13-18(15,16)10-4-3-7-17-10/h3-4,7,13H,1-2,5-6,8,11H2,(H,12,14). The molecule has 8 heteroatoms. The second-order valence-corrected chi connectivity index (χ2v) is 6.54. The van der Waals surface area contributed by atoms with Crippen LogP contribution in [0.3, 0.4) is 0 Å². The molecule has 0 saturated carbocycles. The molecular weight excluding hydrogens is 274 g/mol. The van der Waals surface area contributed by atoms with Crippen molar-refractivity contribution in [2.75, 3.05) is 19.6 Å². The number of unbranched alkanes of at least 4 members (excludes halogenated alkanes) is 1. The maximum atomic E-state index is 11.7. The third kappa shape index (κ3) is 5.13. The molecule has 0 spiro atoms. The lowest BCUT2D eigenvalue weighted by atomic mass is 10.3. The highest BCUT2D eigenvalue weighted by Crippen LogP contribution is 2.14. The number of carbonyl (C=O) groups is 1. The van der Waals surface area contributed by atoms with Crippen molar-refractivity contribution in [1.82, 2.24) is 10.0 Å². The minimum Gasteiger partial charge on any atom is -0.355 e. The molecule has 1 rings (SSSR count). The summed E-state index contributed by atoms with van der Waals surface area (Å²) < 4.78 is 25.8. The first-order valence-corrected chi connectivity index (χ1v) is 7.92. The summed E-state index contributed by atoms with van der Waals surface area (Å²) >= 11 is 1.11. The lowest BCUT2D eigenvalue weighted by Crippen LogP contribution is -2.37. The van der Waals surface area contributed by atoms with E-state index in [9.17, 15) is 13.2 Å². The fraction of sp³-hybridized carbons (Fsp3) is 0.500. The van der Waals surface area contributed by atoms with Gasteiger partial charge in [-0.25, -0.2) is 13.1 Å². The van der Waals surface area contributed by atoms with Gasteiger partial charge >= 0.3 is 0 Å². The van der Waals surface area contributed by atoms with Crippen LogP contribution in [0.5, 0.6) is 0 Å². The molecule has 0 saturated heterocycles. The lowest BCUT2D eigenvalue weighted by Gasteiger charge is -2.06. The van der Waals surface area contributed by atoms with E-state index in [2.05, 4.69) is 10.0 Å². The number of amides is 1. The highest BCUT2D eigenvalue weighted by atomic mass is 32.2. The van der Waals surface area contributed by atoms with Crippen LogP contribution in [-0.4, -0.2) is 34.0 Å². The number of thiophene rings is 1. The number of hydrogen-bond acceptors (Lipinski definition) is 5. The van der Waals surface area contributed by atoms with Crippen molar-refractivity contribution in [1.29, 1.82) is 0 Å². The van der Waals surface area contributed by atoms with Crippen LogP contribution in [0.4, 0.5) is 0 Å². The maximum absolute atomic E-state index is 11.7. The Morgan fingerprint density at radius 2 is 2.17 bits per heavy atom. The average molecular weight is 291 g/mol. The van der Waals surface area contributed by atoms with Crippen molar-refractivity contribution in [2.45, 2.75) is 17.1 Å². The Morgan fingerprint density at radius 1 is 1.39 bits per heavy atom. The van der Waals surface area contributed by atoms with Gasteiger partial charge in [-0.2, -0.15) is 0 Å². The van der Waals surface area contributed by atoms with E-state index in [0.717, 1.165) is 24.2 Å². The monoisotopic (exact) mass is 291 g/mol. The van der Waals surface area contributed by atoms with Gasteiger partial charge in [0.1, 0.15) is 4.21 Å². The highest BCUT2D eigenvalue weighted by Gasteiger charge is 2.15. The van der Waals surface area contributed by atoms with E-state index in [1.807, 2.05) is 0 Å². The van der Waals surface area contributed by atoms with E-state index in [0.29, 0.717) is 13.1 Å². The molecule has 0 aliphatic heterocycles. The Kier molecular flexibility index (Phi) is 6.27. The smallest absolute Gasteiger partial charge is 0.250 e. The maximum Gasteiger partial charge on any atom is 0.250 e. The Balaban J connectivity index is 2.30. The normalized spacial score (nSPS) is 11.4. The molecule has 0 radical (unpaired) electrons. The summed E-state index contributed by atoms with van der Waals surface area (Å²) in [6, 6.07) is 3.14. The topological polar surface area (TPSA) is 101 Å². The SMILES string of the molecule is NCCCCNC(=O)CNS(=O)(=O)c1cccs1. The minimum atomic E-state index is -3.56. The largest absolute Gasteiger partial charge is 0.355 e. The minimum absolute atomic E-state index is 0.207. The summed E-state index contributed by atoms with van der Waals surface area (Å²) in [5.74, 6) is -0.341. The molecule has 0 atom stereocenters. The van der Waals surface area contributed by atoms with Crippen LogP contribution < -0.4 is 15.8 Å². The molecule has 0 aromatic carbocycles. The second kappa shape index (κ2) is 7.47. The van der Waals surface area contributed by atoms with Gasteiger partial charge in [-0.3, -0.25) is 4.79 Å². The van der Waals surface area contributed by atoms with E-state index < -0.39 is 10.0 Å². The number of sulfonamides is 1. The summed E-state index contributed by atoms with van der Waals surface area (Å²) in [6.45, 7) is 0.848. The highest BCUT2D eigenvalue weighted by molar-refractivity contribution is 7.91. The third-order valence-corrected chi connectivity index (χ3v) is 4.93. The zero-order valence-electron chi connectivity index (χ0n) is 9.89. The first-order chi connectivity index (χ1) is 8.56. The molecule has 6 nitrogen and oxygen atoms in total. The van der Waals surface area contributed by atoms with Crippen LogP contribution in [0.2, 0.25) is 0 Å². The van der Waals surface area contributed by atoms with Crippen LogP contribution in [0.1, 0.15) is 12.8 Å². The Bertz CT molecular complexity index is 457. The molecule has 0 fully saturated rings. The molecule has 1 heterocycles. The van der Waals surface area contributed by atoms with Gasteiger partial charge in [0.05, 0.1) is 6.54 Å². The van der Waals surface area contributed by atoms with Gasteiger partial charge in [0.15, 0.2) is 0 Å². The van der Waals surface area contributed by atoms with Crippen molar-refractivity contribution in [3.63, 3.8) is 0 Å². The van der Waals surface area contributed by atoms with E-state index in [1.165, 1.54) is 6.07 Å². The zero-order chi connectivity index (χ0) is 13.4. The molecule has 4 N–H and O–H groups in total. The van der Waals surface area contributed by atoms with E-state index in [1.54, 1.807) is 11.4 Å². The molecule has 0 aliphatic carbocycles. The predicted molar refractivity (Wildman–Crippen MR) is 70.8 cm³/mol. The van der Waals surface area contributed by atoms with Crippen LogP contribution in [0.15, 0.2) is 21.7 Å². The molecule has 1 amide bonds. The van der Waals surface area contributed by atoms with Gasteiger partial charge in [-0.15, -0.1) is 11.3 Å². The first kappa shape index (κ1) is 15.1. The zero-order valence-corrected chi connectivity index (χ0v) is 11.5. The third-order valence-electron chi connectivity index (χ3n) is 2.14. The molecule has 1 aromatic heterocycles. The van der Waals surface area contributed by atoms with E-state index >= 15 is 0 Å². The van der Waals surface area contributed by atoms with Gasteiger partial charge in [-0.05, 0) is 30.8 Å². The average Bonchev–Trinajstić information content (AvgIpc) is 2.87. The first-order valence-electron chi connectivity index (χ1n) is 5.56. The van der Waals surface area contributed by atoms with Crippen molar-refractivity contribution in [2.24, 2.45) is 5.73 Å². The number of hydrogen-bond donors (Lipinski definition) is 3. The fourth-order valence-electron chi connectivity index (χ4n) is 1.21. The Labute approximate surface area is 111 Å². The van der Waals surface area contributed by atoms with Crippen LogP contribution in [0, 0.1) is 0 Å². The number of nitrogens with one attached hydrogen (secondary N) is 2. The summed E-state index contributed by atoms with van der Waals surface area (Å²) in [5.41, 5.74) is 5.31. The molecule has 1 aromatic rings. The van der Waals surface area contributed by atoms with Crippen molar-refractivity contribution in [3.05, 3.63) is 17.5 Å². The Morgan fingerprint density at radius 3 is 2.78 bits per heavy atom. The molecule has 0 bridgehead atoms. The summed E-state index contributed by atoms with van der Waals surface area (Å²) in [5, 5.41) is 4.29. The van der Waals surface area contributed by atoms with Gasteiger partial charge in [0, 0.05) is 6.54 Å².